The van der Waals surface area contributed by atoms with Gasteiger partial charge in [-0.05, 0) is 45.1 Å². The minimum absolute atomic E-state index is 0.270. The number of hydrogen-bond donors (Lipinski definition) is 1. The topological polar surface area (TPSA) is 49.8 Å². The number of carbonyl (C=O) groups excluding carboxylic acids is 1. The van der Waals surface area contributed by atoms with Gasteiger partial charge in [-0.25, -0.2) is 0 Å². The molecule has 2 aliphatic rings. The Morgan fingerprint density at radius 2 is 2.33 bits per heavy atom. The van der Waals surface area contributed by atoms with Crippen molar-refractivity contribution in [1.82, 2.24) is 4.90 Å². The minimum atomic E-state index is -0.278. The Labute approximate surface area is 109 Å². The van der Waals surface area contributed by atoms with Crippen LogP contribution in [0.5, 0.6) is 0 Å². The summed E-state index contributed by atoms with van der Waals surface area (Å²) in [5, 5.41) is 8.94. The molecule has 18 heavy (non-hydrogen) atoms. The van der Waals surface area contributed by atoms with Crippen molar-refractivity contribution in [3.63, 3.8) is 0 Å². The van der Waals surface area contributed by atoms with Crippen molar-refractivity contribution in [3.8, 4) is 0 Å². The summed E-state index contributed by atoms with van der Waals surface area (Å²) in [5.41, 5.74) is -0.278. The third kappa shape index (κ3) is 3.31. The van der Waals surface area contributed by atoms with Gasteiger partial charge in [0.25, 0.3) is 0 Å². The summed E-state index contributed by atoms with van der Waals surface area (Å²) in [6.45, 7) is 3.58. The maximum absolute atomic E-state index is 11.4. The molecule has 2 unspecified atom stereocenters. The third-order valence-electron chi connectivity index (χ3n) is 4.32. The molecule has 2 heterocycles. The molecule has 0 amide bonds. The molecule has 2 saturated heterocycles. The number of aliphatic hydroxyl groups is 1. The Balaban J connectivity index is 1.91. The summed E-state index contributed by atoms with van der Waals surface area (Å²) < 4.78 is 5.51. The highest BCUT2D eigenvalue weighted by Gasteiger charge is 2.37. The molecule has 2 atom stereocenters. The Morgan fingerprint density at radius 1 is 1.44 bits per heavy atom. The lowest BCUT2D eigenvalue weighted by molar-refractivity contribution is -0.125. The summed E-state index contributed by atoms with van der Waals surface area (Å²) in [6, 6.07) is 0.552. The molecular formula is C14H25NO3. The second kappa shape index (κ2) is 6.64. The minimum Gasteiger partial charge on any atom is -0.396 e. The van der Waals surface area contributed by atoms with Crippen molar-refractivity contribution < 1.29 is 14.6 Å². The standard InChI is InChI=1S/C14H25NO3/c16-8-2-5-13-4-1-7-15(13)10-14(11-17)6-3-9-18-12-14/h11,13,16H,1-10,12H2. The van der Waals surface area contributed by atoms with Crippen molar-refractivity contribution in [3.05, 3.63) is 0 Å². The zero-order valence-corrected chi connectivity index (χ0v) is 11.1. The first-order valence-electron chi connectivity index (χ1n) is 7.19. The molecule has 4 heteroatoms. The average Bonchev–Trinajstić information content (AvgIpc) is 2.84. The van der Waals surface area contributed by atoms with Crippen molar-refractivity contribution >= 4 is 6.29 Å². The van der Waals surface area contributed by atoms with Crippen molar-refractivity contribution in [2.45, 2.75) is 44.6 Å². The lowest BCUT2D eigenvalue weighted by atomic mass is 9.83. The third-order valence-corrected chi connectivity index (χ3v) is 4.32. The Kier molecular flexibility index (Phi) is 5.15. The first-order valence-corrected chi connectivity index (χ1v) is 7.19. The second-order valence-corrected chi connectivity index (χ2v) is 5.77. The monoisotopic (exact) mass is 255 g/mol. The molecule has 4 nitrogen and oxygen atoms in total. The van der Waals surface area contributed by atoms with Gasteiger partial charge in [-0.3, -0.25) is 4.90 Å². The van der Waals surface area contributed by atoms with Crippen molar-refractivity contribution in [1.29, 1.82) is 0 Å². The zero-order chi connectivity index (χ0) is 12.8. The molecular weight excluding hydrogens is 230 g/mol. The number of nitrogens with zero attached hydrogens (tertiary/aromatic N) is 1. The van der Waals surface area contributed by atoms with Gasteiger partial charge < -0.3 is 14.6 Å². The van der Waals surface area contributed by atoms with Gasteiger partial charge in [-0.1, -0.05) is 0 Å². The lowest BCUT2D eigenvalue weighted by Gasteiger charge is -2.37. The first-order chi connectivity index (χ1) is 8.79. The molecule has 0 spiro atoms. The smallest absolute Gasteiger partial charge is 0.129 e. The number of likely N-dealkylation sites (tertiary alicyclic amines) is 1. The summed E-state index contributed by atoms with van der Waals surface area (Å²) in [6.07, 6.45) is 7.40. The van der Waals surface area contributed by atoms with Crippen LogP contribution in [0.4, 0.5) is 0 Å². The second-order valence-electron chi connectivity index (χ2n) is 5.77. The van der Waals surface area contributed by atoms with Gasteiger partial charge in [0, 0.05) is 25.8 Å². The molecule has 1 N–H and O–H groups in total. The van der Waals surface area contributed by atoms with E-state index < -0.39 is 0 Å². The first kappa shape index (κ1) is 14.0. The van der Waals surface area contributed by atoms with E-state index in [-0.39, 0.29) is 12.0 Å². The van der Waals surface area contributed by atoms with Crippen molar-refractivity contribution in [2.24, 2.45) is 5.41 Å². The molecule has 0 aliphatic carbocycles. The average molecular weight is 255 g/mol. The van der Waals surface area contributed by atoms with E-state index in [1.165, 1.54) is 12.8 Å². The number of aldehydes is 1. The maximum Gasteiger partial charge on any atom is 0.129 e. The number of carbonyl (C=O) groups is 1. The van der Waals surface area contributed by atoms with Crippen LogP contribution in [0, 0.1) is 5.41 Å². The zero-order valence-electron chi connectivity index (χ0n) is 11.1. The van der Waals surface area contributed by atoms with E-state index in [0.717, 1.165) is 51.7 Å². The summed E-state index contributed by atoms with van der Waals surface area (Å²) in [5.74, 6) is 0. The molecule has 0 aromatic carbocycles. The van der Waals surface area contributed by atoms with E-state index in [2.05, 4.69) is 4.90 Å². The van der Waals surface area contributed by atoms with Gasteiger partial charge in [0.2, 0.25) is 0 Å². The fraction of sp³-hybridized carbons (Fsp3) is 0.929. The fourth-order valence-electron chi connectivity index (χ4n) is 3.29. The highest BCUT2D eigenvalue weighted by molar-refractivity contribution is 5.60. The Morgan fingerprint density at radius 3 is 3.00 bits per heavy atom. The SMILES string of the molecule is O=CC1(CN2CCCC2CCCO)CCCOC1. The quantitative estimate of drug-likeness (QED) is 0.725. The molecule has 0 saturated carbocycles. The van der Waals surface area contributed by atoms with Gasteiger partial charge in [-0.15, -0.1) is 0 Å². The van der Waals surface area contributed by atoms with Gasteiger partial charge in [0.15, 0.2) is 0 Å². The lowest BCUT2D eigenvalue weighted by Crippen LogP contribution is -2.46. The molecule has 2 aliphatic heterocycles. The number of hydrogen-bond acceptors (Lipinski definition) is 4. The highest BCUT2D eigenvalue weighted by atomic mass is 16.5. The fourth-order valence-corrected chi connectivity index (χ4v) is 3.29. The predicted molar refractivity (Wildman–Crippen MR) is 69.5 cm³/mol. The van der Waals surface area contributed by atoms with Crippen LogP contribution < -0.4 is 0 Å². The van der Waals surface area contributed by atoms with Crippen LogP contribution in [0.15, 0.2) is 0 Å². The predicted octanol–water partition coefficient (Wildman–Crippen LogP) is 1.22. The van der Waals surface area contributed by atoms with Crippen LogP contribution in [-0.2, 0) is 9.53 Å². The van der Waals surface area contributed by atoms with Gasteiger partial charge >= 0.3 is 0 Å². The largest absolute Gasteiger partial charge is 0.396 e. The van der Waals surface area contributed by atoms with Crippen LogP contribution in [0.3, 0.4) is 0 Å². The summed E-state index contributed by atoms with van der Waals surface area (Å²) in [7, 11) is 0. The molecule has 0 aromatic rings. The van der Waals surface area contributed by atoms with Crippen LogP contribution in [0.2, 0.25) is 0 Å². The summed E-state index contributed by atoms with van der Waals surface area (Å²) in [4.78, 5) is 13.9. The molecule has 2 rings (SSSR count). The molecule has 104 valence electrons. The Bertz CT molecular complexity index is 264. The van der Waals surface area contributed by atoms with Crippen molar-refractivity contribution in [2.75, 3.05) is 32.9 Å². The van der Waals surface area contributed by atoms with E-state index in [9.17, 15) is 4.79 Å². The van der Waals surface area contributed by atoms with Gasteiger partial charge in [0.1, 0.15) is 6.29 Å². The van der Waals surface area contributed by atoms with Gasteiger partial charge in [0.05, 0.1) is 12.0 Å². The van der Waals surface area contributed by atoms with E-state index in [4.69, 9.17) is 9.84 Å². The maximum atomic E-state index is 11.4. The van der Waals surface area contributed by atoms with E-state index in [0.29, 0.717) is 12.6 Å². The van der Waals surface area contributed by atoms with E-state index >= 15 is 0 Å². The molecule has 2 fully saturated rings. The normalized spacial score (nSPS) is 33.7. The number of aliphatic hydroxyl groups excluding tert-OH is 1. The number of ether oxygens (including phenoxy) is 1. The summed E-state index contributed by atoms with van der Waals surface area (Å²) >= 11 is 0. The van der Waals surface area contributed by atoms with Crippen LogP contribution in [-0.4, -0.2) is 55.2 Å². The van der Waals surface area contributed by atoms with Gasteiger partial charge in [-0.2, -0.15) is 0 Å². The van der Waals surface area contributed by atoms with E-state index in [1.807, 2.05) is 0 Å². The van der Waals surface area contributed by atoms with Crippen LogP contribution in [0.1, 0.15) is 38.5 Å². The molecule has 0 radical (unpaired) electrons. The van der Waals surface area contributed by atoms with E-state index in [1.54, 1.807) is 0 Å². The number of rotatable bonds is 6. The van der Waals surface area contributed by atoms with Crippen LogP contribution in [0.25, 0.3) is 0 Å². The molecule has 0 aromatic heterocycles. The Hall–Kier alpha value is -0.450. The highest BCUT2D eigenvalue weighted by Crippen LogP contribution is 2.31. The van der Waals surface area contributed by atoms with Crippen LogP contribution >= 0.6 is 0 Å². The molecule has 0 bridgehead atoms.